The molecule has 2 N–H and O–H groups in total. The summed E-state index contributed by atoms with van der Waals surface area (Å²) in [6, 6.07) is 7.48. The van der Waals surface area contributed by atoms with Crippen molar-refractivity contribution in [3.05, 3.63) is 29.8 Å². The molecule has 0 saturated carbocycles. The van der Waals surface area contributed by atoms with Gasteiger partial charge in [-0.15, -0.1) is 12.4 Å². The lowest BCUT2D eigenvalue weighted by molar-refractivity contribution is -0.133. The zero-order valence-electron chi connectivity index (χ0n) is 14.4. The van der Waals surface area contributed by atoms with Crippen LogP contribution in [0.15, 0.2) is 29.2 Å². The standard InChI is InChI=1S/C17H25N3O3S.ClH/c1-18-24(22,23)16-7-2-13(3-8-16)4-9-17(21)20-14-5-6-15(20)12-19-11-10-14;/h2-3,7-8,14-15,18-19H,4-6,9-12H2,1H3;1H. The topological polar surface area (TPSA) is 78.5 Å². The molecular weight excluding hydrogens is 362 g/mol. The van der Waals surface area contributed by atoms with Crippen molar-refractivity contribution in [2.24, 2.45) is 0 Å². The van der Waals surface area contributed by atoms with Gasteiger partial charge in [0.15, 0.2) is 0 Å². The smallest absolute Gasteiger partial charge is 0.240 e. The fourth-order valence-electron chi connectivity index (χ4n) is 3.72. The van der Waals surface area contributed by atoms with Crippen LogP contribution < -0.4 is 10.0 Å². The van der Waals surface area contributed by atoms with Crippen molar-refractivity contribution in [3.63, 3.8) is 0 Å². The molecule has 2 fully saturated rings. The maximum Gasteiger partial charge on any atom is 0.240 e. The molecule has 2 saturated heterocycles. The van der Waals surface area contributed by atoms with Crippen LogP contribution in [0.3, 0.4) is 0 Å². The van der Waals surface area contributed by atoms with Crippen LogP contribution in [0.25, 0.3) is 0 Å². The van der Waals surface area contributed by atoms with Crippen LogP contribution in [-0.4, -0.2) is 51.4 Å². The molecule has 2 heterocycles. The Kier molecular flexibility index (Phi) is 6.85. The van der Waals surface area contributed by atoms with Crippen LogP contribution in [0.2, 0.25) is 0 Å². The van der Waals surface area contributed by atoms with Crippen molar-refractivity contribution >= 4 is 28.3 Å². The highest BCUT2D eigenvalue weighted by Crippen LogP contribution is 2.28. The summed E-state index contributed by atoms with van der Waals surface area (Å²) < 4.78 is 25.7. The first kappa shape index (κ1) is 20.2. The maximum absolute atomic E-state index is 12.6. The molecule has 1 aromatic carbocycles. The van der Waals surface area contributed by atoms with E-state index in [-0.39, 0.29) is 23.2 Å². The second kappa shape index (κ2) is 8.49. The molecule has 0 spiro atoms. The van der Waals surface area contributed by atoms with E-state index in [0.29, 0.717) is 24.9 Å². The van der Waals surface area contributed by atoms with Crippen molar-refractivity contribution in [1.82, 2.24) is 14.9 Å². The summed E-state index contributed by atoms with van der Waals surface area (Å²) in [5.41, 5.74) is 0.985. The zero-order valence-corrected chi connectivity index (χ0v) is 16.0. The predicted molar refractivity (Wildman–Crippen MR) is 99.4 cm³/mol. The molecule has 2 aliphatic heterocycles. The minimum atomic E-state index is -3.41. The highest BCUT2D eigenvalue weighted by atomic mass is 35.5. The Labute approximate surface area is 155 Å². The average Bonchev–Trinajstić information content (AvgIpc) is 2.86. The molecule has 0 aliphatic carbocycles. The van der Waals surface area contributed by atoms with Gasteiger partial charge in [0.25, 0.3) is 0 Å². The first-order valence-electron chi connectivity index (χ1n) is 8.55. The Bertz CT molecular complexity index is 680. The summed E-state index contributed by atoms with van der Waals surface area (Å²) in [4.78, 5) is 15.0. The lowest BCUT2D eigenvalue weighted by Gasteiger charge is -2.28. The van der Waals surface area contributed by atoms with E-state index in [1.165, 1.54) is 7.05 Å². The van der Waals surface area contributed by atoms with Crippen molar-refractivity contribution in [1.29, 1.82) is 0 Å². The first-order chi connectivity index (χ1) is 11.5. The van der Waals surface area contributed by atoms with Gasteiger partial charge in [0.2, 0.25) is 15.9 Å². The van der Waals surface area contributed by atoms with E-state index in [1.54, 1.807) is 24.3 Å². The molecule has 0 aromatic heterocycles. The van der Waals surface area contributed by atoms with E-state index >= 15 is 0 Å². The van der Waals surface area contributed by atoms with E-state index in [4.69, 9.17) is 0 Å². The molecular formula is C17H26ClN3O3S. The number of nitrogens with one attached hydrogen (secondary N) is 2. The van der Waals surface area contributed by atoms with Crippen LogP contribution >= 0.6 is 12.4 Å². The minimum absolute atomic E-state index is 0. The van der Waals surface area contributed by atoms with E-state index in [2.05, 4.69) is 14.9 Å². The van der Waals surface area contributed by atoms with Gasteiger partial charge in [-0.05, 0) is 57.0 Å². The molecule has 1 aromatic rings. The van der Waals surface area contributed by atoms with Gasteiger partial charge >= 0.3 is 0 Å². The third kappa shape index (κ3) is 4.53. The number of fused-ring (bicyclic) bond motifs is 2. The number of hydrogen-bond acceptors (Lipinski definition) is 4. The van der Waals surface area contributed by atoms with Gasteiger partial charge in [-0.3, -0.25) is 4.79 Å². The van der Waals surface area contributed by atoms with Gasteiger partial charge in [0.05, 0.1) is 4.90 Å². The second-order valence-corrected chi connectivity index (χ2v) is 8.42. The number of hydrogen-bond donors (Lipinski definition) is 2. The van der Waals surface area contributed by atoms with Gasteiger partial charge < -0.3 is 10.2 Å². The highest BCUT2D eigenvalue weighted by molar-refractivity contribution is 7.89. The summed E-state index contributed by atoms with van der Waals surface area (Å²) in [6.07, 6.45) is 4.38. The van der Waals surface area contributed by atoms with E-state index in [1.807, 2.05) is 0 Å². The lowest BCUT2D eigenvalue weighted by Crippen LogP contribution is -2.42. The van der Waals surface area contributed by atoms with Crippen molar-refractivity contribution in [2.75, 3.05) is 20.1 Å². The summed E-state index contributed by atoms with van der Waals surface area (Å²) >= 11 is 0. The number of rotatable bonds is 5. The molecule has 2 bridgehead atoms. The van der Waals surface area contributed by atoms with Gasteiger partial charge in [0.1, 0.15) is 0 Å². The summed E-state index contributed by atoms with van der Waals surface area (Å²) in [6.45, 7) is 1.89. The fourth-order valence-corrected chi connectivity index (χ4v) is 4.45. The van der Waals surface area contributed by atoms with Crippen LogP contribution in [0, 0.1) is 0 Å². The van der Waals surface area contributed by atoms with Crippen LogP contribution in [0.4, 0.5) is 0 Å². The Morgan fingerprint density at radius 3 is 2.56 bits per heavy atom. The number of sulfonamides is 1. The van der Waals surface area contributed by atoms with Gasteiger partial charge in [0, 0.05) is 25.0 Å². The van der Waals surface area contributed by atoms with Crippen molar-refractivity contribution in [2.45, 2.75) is 49.1 Å². The number of benzene rings is 1. The molecule has 1 amide bonds. The van der Waals surface area contributed by atoms with E-state index in [0.717, 1.165) is 37.9 Å². The number of halogens is 1. The number of amides is 1. The summed E-state index contributed by atoms with van der Waals surface area (Å²) in [5.74, 6) is 0.220. The predicted octanol–water partition coefficient (Wildman–Crippen LogP) is 1.30. The van der Waals surface area contributed by atoms with Crippen LogP contribution in [0.1, 0.15) is 31.2 Å². The third-order valence-electron chi connectivity index (χ3n) is 5.07. The molecule has 2 atom stereocenters. The maximum atomic E-state index is 12.6. The summed E-state index contributed by atoms with van der Waals surface area (Å²) in [7, 11) is -2.01. The molecule has 8 heteroatoms. The van der Waals surface area contributed by atoms with Crippen LogP contribution in [0.5, 0.6) is 0 Å². The Morgan fingerprint density at radius 1 is 1.20 bits per heavy atom. The number of nitrogens with zero attached hydrogens (tertiary/aromatic N) is 1. The van der Waals surface area contributed by atoms with Crippen molar-refractivity contribution in [3.8, 4) is 0 Å². The van der Waals surface area contributed by atoms with Gasteiger partial charge in [-0.25, -0.2) is 13.1 Å². The molecule has 25 heavy (non-hydrogen) atoms. The minimum Gasteiger partial charge on any atom is -0.335 e. The zero-order chi connectivity index (χ0) is 17.2. The molecule has 0 radical (unpaired) electrons. The Hall–Kier alpha value is -1.15. The fraction of sp³-hybridized carbons (Fsp3) is 0.588. The molecule has 2 aliphatic rings. The highest BCUT2D eigenvalue weighted by Gasteiger charge is 2.37. The molecule has 2 unspecified atom stereocenters. The first-order valence-corrected chi connectivity index (χ1v) is 10.0. The molecule has 6 nitrogen and oxygen atoms in total. The largest absolute Gasteiger partial charge is 0.335 e. The molecule has 3 rings (SSSR count). The normalized spacial score (nSPS) is 23.0. The Balaban J connectivity index is 0.00000225. The molecule has 140 valence electrons. The number of aryl methyl sites for hydroxylation is 1. The Morgan fingerprint density at radius 2 is 1.88 bits per heavy atom. The van der Waals surface area contributed by atoms with Gasteiger partial charge in [-0.2, -0.15) is 0 Å². The second-order valence-electron chi connectivity index (χ2n) is 6.53. The van der Waals surface area contributed by atoms with Crippen LogP contribution in [-0.2, 0) is 21.2 Å². The number of carbonyl (C=O) groups is 1. The average molecular weight is 388 g/mol. The van der Waals surface area contributed by atoms with E-state index < -0.39 is 10.0 Å². The third-order valence-corrected chi connectivity index (χ3v) is 6.50. The SMILES string of the molecule is CNS(=O)(=O)c1ccc(CCC(=O)N2C3CCNCC2CC3)cc1.Cl. The van der Waals surface area contributed by atoms with Crippen molar-refractivity contribution < 1.29 is 13.2 Å². The monoisotopic (exact) mass is 387 g/mol. The quantitative estimate of drug-likeness (QED) is 0.798. The lowest BCUT2D eigenvalue weighted by atomic mass is 10.1. The van der Waals surface area contributed by atoms with Gasteiger partial charge in [-0.1, -0.05) is 12.1 Å². The number of carbonyl (C=O) groups excluding carboxylic acids is 1. The van der Waals surface area contributed by atoms with E-state index in [9.17, 15) is 13.2 Å². The summed E-state index contributed by atoms with van der Waals surface area (Å²) in [5, 5.41) is 3.41.